The third-order valence-corrected chi connectivity index (χ3v) is 4.50. The minimum Gasteiger partial charge on any atom is -0.378 e. The van der Waals surface area contributed by atoms with Crippen molar-refractivity contribution >= 4 is 11.6 Å². The maximum Gasteiger partial charge on any atom is 0.416 e. The summed E-state index contributed by atoms with van der Waals surface area (Å²) in [6, 6.07) is 9.98. The average molecular weight is 383 g/mol. The first-order valence-electron chi connectivity index (χ1n) is 7.61. The molecule has 0 aliphatic heterocycles. The molecule has 1 heterocycles. The van der Waals surface area contributed by atoms with Crippen molar-refractivity contribution < 1.29 is 18.3 Å². The van der Waals surface area contributed by atoms with Gasteiger partial charge in [0.05, 0.1) is 5.56 Å². The van der Waals surface area contributed by atoms with Crippen molar-refractivity contribution in [2.24, 2.45) is 0 Å². The van der Waals surface area contributed by atoms with Crippen LogP contribution in [0, 0.1) is 0 Å². The number of hydrogen-bond donors (Lipinski definition) is 1. The van der Waals surface area contributed by atoms with Gasteiger partial charge in [0.25, 0.3) is 0 Å². The van der Waals surface area contributed by atoms with E-state index < -0.39 is 23.4 Å². The Labute approximate surface area is 152 Å². The van der Waals surface area contributed by atoms with Gasteiger partial charge in [-0.3, -0.25) is 0 Å². The summed E-state index contributed by atoms with van der Waals surface area (Å²) in [5, 5.41) is 23.4. The first kappa shape index (κ1) is 18.3. The lowest BCUT2D eigenvalue weighted by atomic mass is 9.80. The topological polar surface area (TPSA) is 63.8 Å². The van der Waals surface area contributed by atoms with Gasteiger partial charge in [0.15, 0.2) is 6.33 Å². The summed E-state index contributed by atoms with van der Waals surface area (Å²) < 4.78 is 38.6. The van der Waals surface area contributed by atoms with Crippen LogP contribution in [0.1, 0.15) is 29.7 Å². The van der Waals surface area contributed by atoms with Crippen LogP contribution < -0.4 is 0 Å². The molecule has 26 heavy (non-hydrogen) atoms. The number of rotatable bonds is 4. The van der Waals surface area contributed by atoms with E-state index in [1.165, 1.54) is 23.3 Å². The van der Waals surface area contributed by atoms with E-state index in [2.05, 4.69) is 15.4 Å². The fourth-order valence-corrected chi connectivity index (χ4v) is 2.91. The van der Waals surface area contributed by atoms with Crippen LogP contribution in [-0.2, 0) is 11.8 Å². The van der Waals surface area contributed by atoms with E-state index in [4.69, 9.17) is 11.6 Å². The van der Waals surface area contributed by atoms with E-state index in [-0.39, 0.29) is 5.56 Å². The Balaban J connectivity index is 2.13. The Bertz CT molecular complexity index is 867. The standard InChI is InChI=1S/C17H14ClF3N4O/c1-11(25-23-10-22-24-25)16(26,13-6-8-15(18)9-7-13)12-2-4-14(5-3-12)17(19,20)21/h2-11,26H,1H3. The zero-order valence-electron chi connectivity index (χ0n) is 13.5. The number of nitrogens with zero attached hydrogens (tertiary/aromatic N) is 4. The van der Waals surface area contributed by atoms with Gasteiger partial charge in [-0.05, 0) is 47.5 Å². The quantitative estimate of drug-likeness (QED) is 0.744. The number of halogens is 4. The molecule has 0 amide bonds. The Morgan fingerprint density at radius 1 is 0.962 bits per heavy atom. The maximum absolute atomic E-state index is 12.9. The van der Waals surface area contributed by atoms with Crippen molar-refractivity contribution in [1.82, 2.24) is 20.2 Å². The molecule has 0 radical (unpaired) electrons. The van der Waals surface area contributed by atoms with Gasteiger partial charge in [-0.2, -0.15) is 18.0 Å². The number of aromatic nitrogens is 4. The lowest BCUT2D eigenvalue weighted by molar-refractivity contribution is -0.137. The second-order valence-electron chi connectivity index (χ2n) is 5.78. The molecule has 136 valence electrons. The van der Waals surface area contributed by atoms with Crippen molar-refractivity contribution in [2.75, 3.05) is 0 Å². The number of hydrogen-bond acceptors (Lipinski definition) is 4. The molecule has 0 fully saturated rings. The van der Waals surface area contributed by atoms with E-state index in [1.807, 2.05) is 0 Å². The molecule has 0 aliphatic carbocycles. The fourth-order valence-electron chi connectivity index (χ4n) is 2.79. The molecule has 2 unspecified atom stereocenters. The molecule has 0 saturated heterocycles. The minimum absolute atomic E-state index is 0.262. The van der Waals surface area contributed by atoms with E-state index in [0.29, 0.717) is 10.6 Å². The molecule has 5 nitrogen and oxygen atoms in total. The van der Waals surface area contributed by atoms with Gasteiger partial charge in [0, 0.05) is 5.02 Å². The first-order valence-corrected chi connectivity index (χ1v) is 7.99. The van der Waals surface area contributed by atoms with E-state index in [0.717, 1.165) is 12.1 Å². The number of aliphatic hydroxyl groups is 1. The summed E-state index contributed by atoms with van der Waals surface area (Å²) >= 11 is 5.91. The van der Waals surface area contributed by atoms with Gasteiger partial charge in [-0.15, -0.1) is 10.2 Å². The number of benzene rings is 2. The van der Waals surface area contributed by atoms with Crippen molar-refractivity contribution in [3.8, 4) is 0 Å². The van der Waals surface area contributed by atoms with Gasteiger partial charge in [0.1, 0.15) is 11.6 Å². The lowest BCUT2D eigenvalue weighted by Gasteiger charge is -2.34. The SMILES string of the molecule is CC(n1ncnn1)C(O)(c1ccc(Cl)cc1)c1ccc(C(F)(F)F)cc1. The highest BCUT2D eigenvalue weighted by Gasteiger charge is 2.41. The van der Waals surface area contributed by atoms with Gasteiger partial charge in [-0.1, -0.05) is 35.9 Å². The van der Waals surface area contributed by atoms with Crippen molar-refractivity contribution in [2.45, 2.75) is 24.7 Å². The van der Waals surface area contributed by atoms with Crippen LogP contribution in [0.15, 0.2) is 54.9 Å². The molecule has 0 bridgehead atoms. The van der Waals surface area contributed by atoms with Crippen molar-refractivity contribution in [1.29, 1.82) is 0 Å². The summed E-state index contributed by atoms with van der Waals surface area (Å²) in [5.41, 5.74) is -1.80. The monoisotopic (exact) mass is 382 g/mol. The van der Waals surface area contributed by atoms with Crippen LogP contribution in [-0.4, -0.2) is 25.3 Å². The number of alkyl halides is 3. The third-order valence-electron chi connectivity index (χ3n) is 4.25. The van der Waals surface area contributed by atoms with Crippen LogP contribution in [0.25, 0.3) is 0 Å². The smallest absolute Gasteiger partial charge is 0.378 e. The predicted octanol–water partition coefficient (Wildman–Crippen LogP) is 3.84. The van der Waals surface area contributed by atoms with Gasteiger partial charge >= 0.3 is 6.18 Å². The van der Waals surface area contributed by atoms with E-state index in [1.54, 1.807) is 31.2 Å². The Morgan fingerprint density at radius 2 is 1.46 bits per heavy atom. The average Bonchev–Trinajstić information content (AvgIpc) is 3.15. The molecule has 3 aromatic rings. The second-order valence-corrected chi connectivity index (χ2v) is 6.22. The van der Waals surface area contributed by atoms with E-state index in [9.17, 15) is 18.3 Å². The molecule has 3 rings (SSSR count). The summed E-state index contributed by atoms with van der Waals surface area (Å²) in [5.74, 6) is 0. The normalized spacial score (nSPS) is 15.5. The second kappa shape index (κ2) is 6.69. The van der Waals surface area contributed by atoms with Crippen LogP contribution in [0.2, 0.25) is 5.02 Å². The highest BCUT2D eigenvalue weighted by atomic mass is 35.5. The Morgan fingerprint density at radius 3 is 1.92 bits per heavy atom. The zero-order valence-corrected chi connectivity index (χ0v) is 14.3. The van der Waals surface area contributed by atoms with E-state index >= 15 is 0 Å². The first-order chi connectivity index (χ1) is 12.2. The molecule has 2 aromatic carbocycles. The fraction of sp³-hybridized carbons (Fsp3) is 0.235. The van der Waals surface area contributed by atoms with Crippen molar-refractivity contribution in [3.63, 3.8) is 0 Å². The molecule has 0 aliphatic rings. The number of tetrazole rings is 1. The molecular formula is C17H14ClF3N4O. The van der Waals surface area contributed by atoms with Crippen LogP contribution in [0.4, 0.5) is 13.2 Å². The van der Waals surface area contributed by atoms with Gasteiger partial charge in [-0.25, -0.2) is 0 Å². The lowest BCUT2D eigenvalue weighted by Crippen LogP contribution is -2.37. The predicted molar refractivity (Wildman–Crippen MR) is 88.4 cm³/mol. The van der Waals surface area contributed by atoms with Crippen LogP contribution in [0.5, 0.6) is 0 Å². The Hall–Kier alpha value is -2.45. The third kappa shape index (κ3) is 3.30. The summed E-state index contributed by atoms with van der Waals surface area (Å²) in [6.45, 7) is 1.65. The van der Waals surface area contributed by atoms with Crippen molar-refractivity contribution in [3.05, 3.63) is 76.6 Å². The molecule has 0 saturated carbocycles. The molecule has 9 heteroatoms. The van der Waals surface area contributed by atoms with Crippen LogP contribution >= 0.6 is 11.6 Å². The molecule has 1 aromatic heterocycles. The Kier molecular flexibility index (Phi) is 4.72. The molecule has 0 spiro atoms. The highest BCUT2D eigenvalue weighted by Crippen LogP contribution is 2.40. The summed E-state index contributed by atoms with van der Waals surface area (Å²) in [7, 11) is 0. The van der Waals surface area contributed by atoms with Gasteiger partial charge in [0.2, 0.25) is 0 Å². The molecular weight excluding hydrogens is 369 g/mol. The molecule has 2 atom stereocenters. The molecule has 1 N–H and O–H groups in total. The maximum atomic E-state index is 12.9. The van der Waals surface area contributed by atoms with Gasteiger partial charge < -0.3 is 5.11 Å². The summed E-state index contributed by atoms with van der Waals surface area (Å²) in [6.07, 6.45) is -3.25. The minimum atomic E-state index is -4.46. The highest BCUT2D eigenvalue weighted by molar-refractivity contribution is 6.30. The largest absolute Gasteiger partial charge is 0.416 e. The zero-order chi connectivity index (χ0) is 18.9. The summed E-state index contributed by atoms with van der Waals surface area (Å²) in [4.78, 5) is 1.20. The van der Waals surface area contributed by atoms with Crippen LogP contribution in [0.3, 0.4) is 0 Å².